The lowest BCUT2D eigenvalue weighted by atomic mass is 9.76. The smallest absolute Gasteiger partial charge is 0.445 e. The van der Waals surface area contributed by atoms with Gasteiger partial charge in [-0.3, -0.25) is 0 Å². The van der Waals surface area contributed by atoms with Crippen molar-refractivity contribution >= 4 is 25.1 Å². The van der Waals surface area contributed by atoms with Crippen LogP contribution in [0.15, 0.2) is 17.0 Å². The second kappa shape index (κ2) is 4.24. The minimum Gasteiger partial charge on any atom is -0.445 e. The third-order valence-corrected chi connectivity index (χ3v) is 2.60. The molecule has 0 saturated carbocycles. The lowest BCUT2D eigenvalue weighted by Crippen LogP contribution is -2.36. The van der Waals surface area contributed by atoms with Gasteiger partial charge in [0.15, 0.2) is 0 Å². The highest BCUT2D eigenvalue weighted by Gasteiger charge is 2.28. The van der Waals surface area contributed by atoms with Crippen LogP contribution >= 0.6 is 12.6 Å². The minimum absolute atomic E-state index is 0.159. The molecule has 0 nitrogen and oxygen atoms in total. The number of hydrogen-bond donors (Lipinski definition) is 1. The Bertz CT molecular complexity index is 418. The molecule has 0 unspecified atom stereocenters. The maximum Gasteiger partial charge on any atom is 0.509 e. The summed E-state index contributed by atoms with van der Waals surface area (Å²) >= 11 is 4.00. The molecular formula is C10H9BF3S-. The van der Waals surface area contributed by atoms with Crippen LogP contribution in [0.1, 0.15) is 11.1 Å². The third-order valence-electron chi connectivity index (χ3n) is 2.14. The Kier molecular flexibility index (Phi) is 3.40. The molecule has 0 amide bonds. The molecule has 0 saturated heterocycles. The summed E-state index contributed by atoms with van der Waals surface area (Å²) in [6.07, 6.45) is 5.24. The minimum atomic E-state index is -5.00. The topological polar surface area (TPSA) is 0 Å². The van der Waals surface area contributed by atoms with E-state index in [2.05, 4.69) is 18.5 Å². The second-order valence-electron chi connectivity index (χ2n) is 3.28. The zero-order valence-corrected chi connectivity index (χ0v) is 8.99. The van der Waals surface area contributed by atoms with Gasteiger partial charge in [-0.25, -0.2) is 0 Å². The monoisotopic (exact) mass is 229 g/mol. The number of halogens is 3. The van der Waals surface area contributed by atoms with E-state index in [1.807, 2.05) is 0 Å². The van der Waals surface area contributed by atoms with Crippen LogP contribution < -0.4 is 5.46 Å². The molecule has 15 heavy (non-hydrogen) atoms. The van der Waals surface area contributed by atoms with Crippen molar-refractivity contribution < 1.29 is 12.9 Å². The molecule has 0 radical (unpaired) electrons. The lowest BCUT2D eigenvalue weighted by Gasteiger charge is -2.20. The van der Waals surface area contributed by atoms with E-state index in [4.69, 9.17) is 6.42 Å². The van der Waals surface area contributed by atoms with Crippen LogP contribution in [0.4, 0.5) is 12.9 Å². The fraction of sp³-hybridized carbons (Fsp3) is 0.200. The summed E-state index contributed by atoms with van der Waals surface area (Å²) < 4.78 is 37.9. The number of terminal acetylenes is 1. The Hall–Kier alpha value is -1.02. The fourth-order valence-electron chi connectivity index (χ4n) is 1.34. The fourth-order valence-corrected chi connectivity index (χ4v) is 1.64. The van der Waals surface area contributed by atoms with Gasteiger partial charge in [-0.05, 0) is 18.6 Å². The summed E-state index contributed by atoms with van der Waals surface area (Å²) in [5, 5.41) is 0. The average molecular weight is 229 g/mol. The molecule has 5 heteroatoms. The van der Waals surface area contributed by atoms with Gasteiger partial charge in [-0.1, -0.05) is 11.6 Å². The molecule has 0 N–H and O–H groups in total. The maximum atomic E-state index is 12.6. The first kappa shape index (κ1) is 12.1. The molecule has 0 fully saturated rings. The van der Waals surface area contributed by atoms with Crippen LogP contribution in [-0.2, 0) is 6.42 Å². The van der Waals surface area contributed by atoms with Crippen LogP contribution in [0.5, 0.6) is 0 Å². The molecular weight excluding hydrogens is 220 g/mol. The van der Waals surface area contributed by atoms with Crippen molar-refractivity contribution in [2.45, 2.75) is 18.2 Å². The molecule has 1 rings (SSSR count). The van der Waals surface area contributed by atoms with Crippen LogP contribution in [0.3, 0.4) is 0 Å². The summed E-state index contributed by atoms with van der Waals surface area (Å²) in [6.45, 7) is -3.59. The molecule has 80 valence electrons. The van der Waals surface area contributed by atoms with Gasteiger partial charge in [0.25, 0.3) is 0 Å². The predicted octanol–water partition coefficient (Wildman–Crippen LogP) is 2.51. The molecule has 1 aromatic rings. The molecule has 0 aliphatic carbocycles. The first-order chi connectivity index (χ1) is 6.86. The van der Waals surface area contributed by atoms with Crippen molar-refractivity contribution in [3.63, 3.8) is 0 Å². The van der Waals surface area contributed by atoms with Gasteiger partial charge in [-0.15, -0.1) is 30.4 Å². The van der Waals surface area contributed by atoms with Crippen LogP contribution in [0, 0.1) is 19.3 Å². The van der Waals surface area contributed by atoms with E-state index < -0.39 is 12.4 Å². The average Bonchev–Trinajstić information content (AvgIpc) is 2.09. The number of rotatable bonds is 2. The van der Waals surface area contributed by atoms with E-state index >= 15 is 0 Å². The van der Waals surface area contributed by atoms with Gasteiger partial charge in [0, 0.05) is 11.3 Å². The normalized spacial score (nSPS) is 11.2. The molecule has 0 aliphatic rings. The van der Waals surface area contributed by atoms with Crippen molar-refractivity contribution in [2.24, 2.45) is 0 Å². The zero-order chi connectivity index (χ0) is 11.6. The van der Waals surface area contributed by atoms with Crippen molar-refractivity contribution in [2.75, 3.05) is 0 Å². The van der Waals surface area contributed by atoms with Crippen molar-refractivity contribution in [1.82, 2.24) is 0 Å². The van der Waals surface area contributed by atoms with Gasteiger partial charge in [0.05, 0.1) is 0 Å². The molecule has 0 atom stereocenters. The van der Waals surface area contributed by atoms with Crippen molar-refractivity contribution in [1.29, 1.82) is 0 Å². The summed E-state index contributed by atoms with van der Waals surface area (Å²) in [4.78, 5) is 0.331. The maximum absolute atomic E-state index is 12.6. The SMILES string of the molecule is C#CCc1cc(S)c(C)c([B-](F)(F)F)c1. The number of benzene rings is 1. The Morgan fingerprint density at radius 2 is 2.00 bits per heavy atom. The molecule has 0 spiro atoms. The van der Waals surface area contributed by atoms with Crippen LogP contribution in [-0.4, -0.2) is 6.98 Å². The van der Waals surface area contributed by atoms with E-state index in [-0.39, 0.29) is 12.0 Å². The van der Waals surface area contributed by atoms with E-state index in [9.17, 15) is 12.9 Å². The highest BCUT2D eigenvalue weighted by Crippen LogP contribution is 2.19. The number of hydrogen-bond acceptors (Lipinski definition) is 1. The Morgan fingerprint density at radius 3 is 2.47 bits per heavy atom. The van der Waals surface area contributed by atoms with Gasteiger partial charge in [-0.2, -0.15) is 0 Å². The third kappa shape index (κ3) is 2.72. The summed E-state index contributed by atoms with van der Waals surface area (Å²) in [6, 6.07) is 2.68. The summed E-state index contributed by atoms with van der Waals surface area (Å²) in [5.41, 5.74) is 0.0293. The van der Waals surface area contributed by atoms with Crippen molar-refractivity contribution in [3.05, 3.63) is 23.3 Å². The largest absolute Gasteiger partial charge is 0.509 e. The van der Waals surface area contributed by atoms with E-state index in [0.29, 0.717) is 10.5 Å². The molecule has 0 aromatic heterocycles. The van der Waals surface area contributed by atoms with Crippen molar-refractivity contribution in [3.8, 4) is 12.3 Å². The number of thiol groups is 1. The van der Waals surface area contributed by atoms with Gasteiger partial charge in [0.2, 0.25) is 0 Å². The summed E-state index contributed by atoms with van der Waals surface area (Å²) in [7, 11) is 0. The second-order valence-corrected chi connectivity index (χ2v) is 3.77. The van der Waals surface area contributed by atoms with E-state index in [1.54, 1.807) is 6.07 Å². The Balaban J connectivity index is 3.33. The zero-order valence-electron chi connectivity index (χ0n) is 8.10. The molecule has 0 bridgehead atoms. The Labute approximate surface area is 92.3 Å². The highest BCUT2D eigenvalue weighted by molar-refractivity contribution is 7.80. The highest BCUT2D eigenvalue weighted by atomic mass is 32.1. The lowest BCUT2D eigenvalue weighted by molar-refractivity contribution is 0.500. The molecule has 0 aliphatic heterocycles. The van der Waals surface area contributed by atoms with Crippen LogP contribution in [0.2, 0.25) is 0 Å². The first-order valence-electron chi connectivity index (χ1n) is 4.32. The molecule has 0 heterocycles. The predicted molar refractivity (Wildman–Crippen MR) is 59.7 cm³/mol. The van der Waals surface area contributed by atoms with Gasteiger partial charge >= 0.3 is 6.98 Å². The Morgan fingerprint density at radius 1 is 1.40 bits per heavy atom. The standard InChI is InChI=1S/C10H9BF3S/c1-3-4-8-5-9(11(12,13)14)7(2)10(15)6-8/h1,5-6,15H,4H2,2H3/q-1. The quantitative estimate of drug-likeness (QED) is 0.449. The van der Waals surface area contributed by atoms with E-state index in [1.165, 1.54) is 6.92 Å². The van der Waals surface area contributed by atoms with Crippen LogP contribution in [0.25, 0.3) is 0 Å². The summed E-state index contributed by atoms with van der Waals surface area (Å²) in [5.74, 6) is 2.31. The first-order valence-corrected chi connectivity index (χ1v) is 4.76. The van der Waals surface area contributed by atoms with E-state index in [0.717, 1.165) is 6.07 Å². The van der Waals surface area contributed by atoms with Gasteiger partial charge in [0.1, 0.15) is 0 Å². The molecule has 1 aromatic carbocycles. The van der Waals surface area contributed by atoms with Gasteiger partial charge < -0.3 is 12.9 Å².